The largest absolute Gasteiger partial charge is 0.301 e. The van der Waals surface area contributed by atoms with Crippen molar-refractivity contribution in [1.29, 1.82) is 0 Å². The molecule has 0 bridgehead atoms. The number of nitrogens with one attached hydrogen (secondary N) is 2. The van der Waals surface area contributed by atoms with Gasteiger partial charge in [0.15, 0.2) is 5.16 Å². The van der Waals surface area contributed by atoms with Crippen LogP contribution in [0.5, 0.6) is 0 Å². The van der Waals surface area contributed by atoms with Gasteiger partial charge in [-0.1, -0.05) is 79.6 Å². The number of hydrogen-bond acceptors (Lipinski definition) is 8. The number of nitrogens with zero attached hydrogens (tertiary/aromatic N) is 3. The smallest absolute Gasteiger partial charge is 0.260 e. The summed E-state index contributed by atoms with van der Waals surface area (Å²) in [5.41, 5.74) is 1.74. The minimum atomic E-state index is -0.410. The highest BCUT2D eigenvalue weighted by Gasteiger charge is 2.24. The van der Waals surface area contributed by atoms with Crippen molar-refractivity contribution in [2.75, 3.05) is 5.32 Å². The second-order valence-corrected chi connectivity index (χ2v) is 12.1. The number of aromatic amines is 1. The summed E-state index contributed by atoms with van der Waals surface area (Å²) in [7, 11) is 0. The number of amides is 1. The number of carbonyl (C=O) groups is 1. The SMILES string of the molecule is CCC(Sc1nc2sc(C)c(-c3ccccc3)c2c(=O)[nH]1)C(=O)Nc1nnc(C2CCCCC2)s1. The molecule has 2 N–H and O–H groups in total. The van der Waals surface area contributed by atoms with E-state index in [1.807, 2.05) is 44.2 Å². The number of aryl methyl sites for hydroxylation is 1. The number of thiophene rings is 1. The van der Waals surface area contributed by atoms with Gasteiger partial charge in [-0.2, -0.15) is 0 Å². The van der Waals surface area contributed by atoms with Crippen molar-refractivity contribution < 1.29 is 4.79 Å². The lowest BCUT2D eigenvalue weighted by Gasteiger charge is -2.18. The Bertz CT molecular complexity index is 1390. The Balaban J connectivity index is 1.33. The van der Waals surface area contributed by atoms with Crippen molar-refractivity contribution in [2.24, 2.45) is 0 Å². The van der Waals surface area contributed by atoms with E-state index in [2.05, 4.69) is 20.5 Å². The van der Waals surface area contributed by atoms with Gasteiger partial charge >= 0.3 is 0 Å². The molecule has 1 amide bonds. The number of rotatable bonds is 7. The van der Waals surface area contributed by atoms with Crippen LogP contribution in [0.4, 0.5) is 5.13 Å². The number of H-pyrrole nitrogens is 1. The first-order valence-electron chi connectivity index (χ1n) is 11.9. The Labute approximate surface area is 215 Å². The summed E-state index contributed by atoms with van der Waals surface area (Å²) in [6, 6.07) is 9.89. The van der Waals surface area contributed by atoms with E-state index < -0.39 is 5.25 Å². The Hall–Kier alpha value is -2.56. The maximum absolute atomic E-state index is 13.1. The molecule has 3 heterocycles. The molecule has 1 aliphatic rings. The zero-order valence-electron chi connectivity index (χ0n) is 19.7. The molecule has 3 aromatic heterocycles. The normalized spacial score (nSPS) is 15.4. The molecule has 35 heavy (non-hydrogen) atoms. The third-order valence-corrected chi connectivity index (χ3v) is 9.57. The van der Waals surface area contributed by atoms with Crippen molar-refractivity contribution in [2.45, 2.75) is 68.7 Å². The maximum atomic E-state index is 13.1. The first-order valence-corrected chi connectivity index (χ1v) is 14.4. The minimum absolute atomic E-state index is 0.154. The van der Waals surface area contributed by atoms with Gasteiger partial charge in [0.25, 0.3) is 5.56 Å². The van der Waals surface area contributed by atoms with E-state index in [4.69, 9.17) is 4.98 Å². The van der Waals surface area contributed by atoms with E-state index in [0.29, 0.717) is 32.8 Å². The van der Waals surface area contributed by atoms with Crippen LogP contribution in [0.25, 0.3) is 21.3 Å². The molecule has 0 spiro atoms. The van der Waals surface area contributed by atoms with Gasteiger partial charge in [0.2, 0.25) is 11.0 Å². The molecule has 182 valence electrons. The molecule has 1 unspecified atom stereocenters. The van der Waals surface area contributed by atoms with E-state index in [-0.39, 0.29) is 11.5 Å². The van der Waals surface area contributed by atoms with Crippen LogP contribution in [0.1, 0.15) is 61.3 Å². The van der Waals surface area contributed by atoms with Gasteiger partial charge in [0, 0.05) is 16.4 Å². The van der Waals surface area contributed by atoms with Crippen molar-refractivity contribution in [3.8, 4) is 11.1 Å². The minimum Gasteiger partial charge on any atom is -0.301 e. The molecule has 0 radical (unpaired) electrons. The number of thioether (sulfide) groups is 1. The van der Waals surface area contributed by atoms with Crippen molar-refractivity contribution in [1.82, 2.24) is 20.2 Å². The van der Waals surface area contributed by atoms with Gasteiger partial charge in [-0.25, -0.2) is 4.98 Å². The van der Waals surface area contributed by atoms with Gasteiger partial charge in [-0.05, 0) is 31.7 Å². The van der Waals surface area contributed by atoms with E-state index >= 15 is 0 Å². The quantitative estimate of drug-likeness (QED) is 0.215. The number of aromatic nitrogens is 4. The first-order chi connectivity index (χ1) is 17.0. The maximum Gasteiger partial charge on any atom is 0.260 e. The lowest BCUT2D eigenvalue weighted by molar-refractivity contribution is -0.115. The van der Waals surface area contributed by atoms with Crippen molar-refractivity contribution >= 4 is 55.7 Å². The fourth-order valence-corrected chi connectivity index (χ4v) is 7.47. The number of carbonyl (C=O) groups excluding carboxylic acids is 1. The van der Waals surface area contributed by atoms with Gasteiger partial charge in [0.1, 0.15) is 9.84 Å². The van der Waals surface area contributed by atoms with Crippen LogP contribution in [-0.4, -0.2) is 31.3 Å². The van der Waals surface area contributed by atoms with E-state index in [1.54, 1.807) is 0 Å². The molecule has 0 saturated heterocycles. The molecule has 1 atom stereocenters. The molecule has 7 nitrogen and oxygen atoms in total. The second kappa shape index (κ2) is 10.6. The van der Waals surface area contributed by atoms with Crippen LogP contribution in [0, 0.1) is 6.92 Å². The fourth-order valence-electron chi connectivity index (χ4n) is 4.55. The molecule has 1 aliphatic carbocycles. The summed E-state index contributed by atoms with van der Waals surface area (Å²) in [6.07, 6.45) is 6.62. The van der Waals surface area contributed by atoms with Crippen molar-refractivity contribution in [3.63, 3.8) is 0 Å². The Kier molecular flexibility index (Phi) is 7.31. The highest BCUT2D eigenvalue weighted by Crippen LogP contribution is 2.37. The van der Waals surface area contributed by atoms with Crippen molar-refractivity contribution in [3.05, 3.63) is 50.6 Å². The lowest BCUT2D eigenvalue weighted by atomic mass is 9.90. The molecule has 10 heteroatoms. The van der Waals surface area contributed by atoms with E-state index in [1.165, 1.54) is 53.7 Å². The van der Waals surface area contributed by atoms with Crippen LogP contribution in [0.3, 0.4) is 0 Å². The molecular weight excluding hydrogens is 499 g/mol. The molecular formula is C25H27N5O2S3. The average Bonchev–Trinajstić information content (AvgIpc) is 3.47. The summed E-state index contributed by atoms with van der Waals surface area (Å²) in [4.78, 5) is 35.4. The lowest BCUT2D eigenvalue weighted by Crippen LogP contribution is -2.25. The zero-order chi connectivity index (χ0) is 24.4. The molecule has 1 aromatic carbocycles. The third-order valence-electron chi connectivity index (χ3n) is 6.32. The summed E-state index contributed by atoms with van der Waals surface area (Å²) in [6.45, 7) is 3.96. The summed E-state index contributed by atoms with van der Waals surface area (Å²) < 4.78 is 0. The topological polar surface area (TPSA) is 101 Å². The summed E-state index contributed by atoms with van der Waals surface area (Å²) in [5.74, 6) is 0.304. The highest BCUT2D eigenvalue weighted by atomic mass is 32.2. The molecule has 4 aromatic rings. The summed E-state index contributed by atoms with van der Waals surface area (Å²) >= 11 is 4.25. The molecule has 0 aliphatic heterocycles. The first kappa shape index (κ1) is 24.1. The monoisotopic (exact) mass is 525 g/mol. The molecule has 1 saturated carbocycles. The predicted octanol–water partition coefficient (Wildman–Crippen LogP) is 6.37. The van der Waals surface area contributed by atoms with Crippen LogP contribution in [0.15, 0.2) is 40.3 Å². The molecule has 5 rings (SSSR count). The van der Waals surface area contributed by atoms with Crippen LogP contribution < -0.4 is 10.9 Å². The van der Waals surface area contributed by atoms with Gasteiger partial charge < -0.3 is 4.98 Å². The van der Waals surface area contributed by atoms with E-state index in [9.17, 15) is 9.59 Å². The number of anilines is 1. The average molecular weight is 526 g/mol. The Morgan fingerprint density at radius 3 is 2.69 bits per heavy atom. The zero-order valence-corrected chi connectivity index (χ0v) is 22.1. The number of hydrogen-bond donors (Lipinski definition) is 2. The molecule has 1 fully saturated rings. The van der Waals surface area contributed by atoms with Gasteiger partial charge in [0.05, 0.1) is 10.6 Å². The Morgan fingerprint density at radius 2 is 1.94 bits per heavy atom. The van der Waals surface area contributed by atoms with Crippen LogP contribution in [0.2, 0.25) is 0 Å². The van der Waals surface area contributed by atoms with E-state index in [0.717, 1.165) is 33.9 Å². The van der Waals surface area contributed by atoms with Gasteiger partial charge in [-0.15, -0.1) is 21.5 Å². The predicted molar refractivity (Wildman–Crippen MR) is 145 cm³/mol. The summed E-state index contributed by atoms with van der Waals surface area (Å²) in [5, 5.41) is 13.7. The second-order valence-electron chi connectivity index (χ2n) is 8.73. The number of benzene rings is 1. The highest BCUT2D eigenvalue weighted by molar-refractivity contribution is 8.00. The Morgan fingerprint density at radius 1 is 1.17 bits per heavy atom. The van der Waals surface area contributed by atoms with Gasteiger partial charge in [-0.3, -0.25) is 14.9 Å². The fraction of sp³-hybridized carbons (Fsp3) is 0.400. The van der Waals surface area contributed by atoms with Crippen LogP contribution >= 0.6 is 34.4 Å². The third kappa shape index (κ3) is 5.19. The number of fused-ring (bicyclic) bond motifs is 1. The van der Waals surface area contributed by atoms with Crippen LogP contribution in [-0.2, 0) is 4.79 Å². The standard InChI is InChI=1S/C25H27N5O2S3/c1-3-17(20(31)26-25-30-29-22(35-25)16-12-8-5-9-13-16)34-24-27-21(32)19-18(14(2)33-23(19)28-24)15-10-6-4-7-11-15/h4,6-7,10-11,16-17H,3,5,8-9,12-13H2,1-2H3,(H,26,30,31)(H,27,28,32).